The summed E-state index contributed by atoms with van der Waals surface area (Å²) in [6.07, 6.45) is 0. The number of esters is 1. The molecule has 6 nitrogen and oxygen atoms in total. The van der Waals surface area contributed by atoms with Crippen LogP contribution in [0.2, 0.25) is 0 Å². The molecule has 0 saturated carbocycles. The molecule has 7 heteroatoms. The SMILES string of the molecule is CCOC(=O)CSC[C@H]1NC(=O)NC1=O. The van der Waals surface area contributed by atoms with E-state index in [2.05, 4.69) is 10.6 Å². The lowest BCUT2D eigenvalue weighted by Gasteiger charge is -2.05. The lowest BCUT2D eigenvalue weighted by Crippen LogP contribution is -2.31. The molecule has 1 aliphatic rings. The molecular weight excluding hydrogens is 220 g/mol. The van der Waals surface area contributed by atoms with E-state index in [1.807, 2.05) is 0 Å². The van der Waals surface area contributed by atoms with Gasteiger partial charge in [0.05, 0.1) is 12.4 Å². The second-order valence-electron chi connectivity index (χ2n) is 2.84. The molecule has 0 unspecified atom stereocenters. The summed E-state index contributed by atoms with van der Waals surface area (Å²) in [5.74, 6) is -0.104. The standard InChI is InChI=1S/C8H12N2O4S/c1-2-14-6(11)4-15-3-5-7(12)10-8(13)9-5/h5H,2-4H2,1H3,(H2,9,10,12,13)/t5-/m1/s1. The number of amides is 3. The number of carbonyl (C=O) groups is 3. The van der Waals surface area contributed by atoms with Crippen molar-refractivity contribution in [3.05, 3.63) is 0 Å². The van der Waals surface area contributed by atoms with Crippen molar-refractivity contribution in [3.8, 4) is 0 Å². The van der Waals surface area contributed by atoms with Crippen LogP contribution >= 0.6 is 11.8 Å². The fourth-order valence-corrected chi connectivity index (χ4v) is 1.88. The monoisotopic (exact) mass is 232 g/mol. The van der Waals surface area contributed by atoms with Gasteiger partial charge in [0.1, 0.15) is 6.04 Å². The van der Waals surface area contributed by atoms with Gasteiger partial charge in [0.15, 0.2) is 0 Å². The number of ether oxygens (including phenoxy) is 1. The van der Waals surface area contributed by atoms with Gasteiger partial charge in [-0.2, -0.15) is 0 Å². The third-order valence-electron chi connectivity index (χ3n) is 1.67. The first-order valence-electron chi connectivity index (χ1n) is 4.48. The number of rotatable bonds is 5. The van der Waals surface area contributed by atoms with Crippen LogP contribution in [0, 0.1) is 0 Å². The van der Waals surface area contributed by atoms with E-state index in [4.69, 9.17) is 4.74 Å². The molecule has 0 radical (unpaired) electrons. The third-order valence-corrected chi connectivity index (χ3v) is 2.68. The smallest absolute Gasteiger partial charge is 0.322 e. The fourth-order valence-electron chi connectivity index (χ4n) is 1.04. The van der Waals surface area contributed by atoms with Crippen LogP contribution in [0.3, 0.4) is 0 Å². The number of urea groups is 1. The Morgan fingerprint density at radius 2 is 2.27 bits per heavy atom. The molecule has 0 aromatic rings. The first-order valence-corrected chi connectivity index (χ1v) is 5.63. The highest BCUT2D eigenvalue weighted by atomic mass is 32.2. The molecule has 1 heterocycles. The van der Waals surface area contributed by atoms with E-state index < -0.39 is 12.1 Å². The van der Waals surface area contributed by atoms with Crippen molar-refractivity contribution in [3.63, 3.8) is 0 Å². The maximum atomic E-state index is 11.1. The predicted octanol–water partition coefficient (Wildman–Crippen LogP) is -0.509. The van der Waals surface area contributed by atoms with Gasteiger partial charge in [-0.05, 0) is 6.92 Å². The largest absolute Gasteiger partial charge is 0.465 e. The lowest BCUT2D eigenvalue weighted by molar-refractivity contribution is -0.139. The first-order chi connectivity index (χ1) is 7.13. The van der Waals surface area contributed by atoms with E-state index >= 15 is 0 Å². The molecule has 0 bridgehead atoms. The fraction of sp³-hybridized carbons (Fsp3) is 0.625. The number of carbonyl (C=O) groups excluding carboxylic acids is 3. The van der Waals surface area contributed by atoms with Crippen LogP contribution < -0.4 is 10.6 Å². The number of imide groups is 1. The molecule has 1 atom stereocenters. The van der Waals surface area contributed by atoms with Crippen molar-refractivity contribution in [1.29, 1.82) is 0 Å². The van der Waals surface area contributed by atoms with Crippen molar-refractivity contribution in [2.75, 3.05) is 18.1 Å². The molecule has 15 heavy (non-hydrogen) atoms. The zero-order chi connectivity index (χ0) is 11.3. The van der Waals surface area contributed by atoms with Gasteiger partial charge in [-0.25, -0.2) is 4.79 Å². The number of thioether (sulfide) groups is 1. The maximum Gasteiger partial charge on any atom is 0.322 e. The zero-order valence-corrected chi connectivity index (χ0v) is 9.06. The summed E-state index contributed by atoms with van der Waals surface area (Å²) in [6, 6.07) is -1.03. The van der Waals surface area contributed by atoms with Gasteiger partial charge in [0, 0.05) is 5.75 Å². The van der Waals surface area contributed by atoms with Gasteiger partial charge in [0.25, 0.3) is 5.91 Å². The molecule has 0 spiro atoms. The van der Waals surface area contributed by atoms with E-state index in [0.717, 1.165) is 0 Å². The van der Waals surface area contributed by atoms with Crippen LogP contribution in [-0.4, -0.2) is 42.1 Å². The third kappa shape index (κ3) is 3.78. The van der Waals surface area contributed by atoms with Gasteiger partial charge in [-0.3, -0.25) is 14.9 Å². The number of nitrogens with one attached hydrogen (secondary N) is 2. The molecule has 1 saturated heterocycles. The first kappa shape index (κ1) is 11.8. The van der Waals surface area contributed by atoms with E-state index in [-0.39, 0.29) is 17.6 Å². The Hall–Kier alpha value is -1.24. The normalized spacial score (nSPS) is 19.7. The Morgan fingerprint density at radius 1 is 1.53 bits per heavy atom. The molecule has 0 aromatic heterocycles. The van der Waals surface area contributed by atoms with Gasteiger partial charge in [-0.15, -0.1) is 11.8 Å². The topological polar surface area (TPSA) is 84.5 Å². The van der Waals surface area contributed by atoms with Crippen LogP contribution in [0.1, 0.15) is 6.92 Å². The predicted molar refractivity (Wildman–Crippen MR) is 54.4 cm³/mol. The summed E-state index contributed by atoms with van der Waals surface area (Å²) in [6.45, 7) is 2.08. The molecule has 2 N–H and O–H groups in total. The Balaban J connectivity index is 2.18. The number of hydrogen-bond acceptors (Lipinski definition) is 5. The summed E-state index contributed by atoms with van der Waals surface area (Å²) in [5.41, 5.74) is 0. The average Bonchev–Trinajstić information content (AvgIpc) is 2.46. The Bertz CT molecular complexity index is 282. The maximum absolute atomic E-state index is 11.1. The molecular formula is C8H12N2O4S. The molecule has 3 amide bonds. The summed E-state index contributed by atoms with van der Waals surface area (Å²) >= 11 is 1.25. The van der Waals surface area contributed by atoms with Crippen molar-refractivity contribution in [1.82, 2.24) is 10.6 Å². The van der Waals surface area contributed by atoms with Gasteiger partial charge < -0.3 is 10.1 Å². The molecule has 1 rings (SSSR count). The Kier molecular flexibility index (Phi) is 4.41. The minimum absolute atomic E-state index is 0.188. The van der Waals surface area contributed by atoms with Crippen molar-refractivity contribution < 1.29 is 19.1 Å². The van der Waals surface area contributed by atoms with E-state index in [9.17, 15) is 14.4 Å². The number of hydrogen-bond donors (Lipinski definition) is 2. The molecule has 84 valence electrons. The van der Waals surface area contributed by atoms with E-state index in [1.165, 1.54) is 11.8 Å². The van der Waals surface area contributed by atoms with Crippen LogP contribution in [0.15, 0.2) is 0 Å². The minimum atomic E-state index is -0.545. The Labute approximate surface area is 91.1 Å². The highest BCUT2D eigenvalue weighted by Gasteiger charge is 2.29. The van der Waals surface area contributed by atoms with Crippen molar-refractivity contribution in [2.45, 2.75) is 13.0 Å². The van der Waals surface area contributed by atoms with Crippen LogP contribution in [0.4, 0.5) is 4.79 Å². The second kappa shape index (κ2) is 5.59. The Morgan fingerprint density at radius 3 is 2.80 bits per heavy atom. The molecule has 1 aliphatic heterocycles. The zero-order valence-electron chi connectivity index (χ0n) is 8.24. The summed E-state index contributed by atoms with van der Waals surface area (Å²) < 4.78 is 4.71. The molecule has 1 fully saturated rings. The average molecular weight is 232 g/mol. The van der Waals surface area contributed by atoms with Gasteiger partial charge in [-0.1, -0.05) is 0 Å². The second-order valence-corrected chi connectivity index (χ2v) is 3.87. The minimum Gasteiger partial charge on any atom is -0.465 e. The lowest BCUT2D eigenvalue weighted by atomic mass is 10.3. The van der Waals surface area contributed by atoms with Gasteiger partial charge >= 0.3 is 12.0 Å². The van der Waals surface area contributed by atoms with E-state index in [0.29, 0.717) is 12.4 Å². The summed E-state index contributed by atoms with van der Waals surface area (Å²) in [4.78, 5) is 32.7. The van der Waals surface area contributed by atoms with Crippen molar-refractivity contribution in [2.24, 2.45) is 0 Å². The van der Waals surface area contributed by atoms with Crippen molar-refractivity contribution >= 4 is 29.7 Å². The molecule has 0 aromatic carbocycles. The summed E-state index contributed by atoms with van der Waals surface area (Å²) in [7, 11) is 0. The van der Waals surface area contributed by atoms with Crippen LogP contribution in [0.5, 0.6) is 0 Å². The quantitative estimate of drug-likeness (QED) is 0.492. The molecule has 0 aliphatic carbocycles. The van der Waals surface area contributed by atoms with E-state index in [1.54, 1.807) is 6.92 Å². The van der Waals surface area contributed by atoms with Crippen LogP contribution in [-0.2, 0) is 14.3 Å². The van der Waals surface area contributed by atoms with Crippen LogP contribution in [0.25, 0.3) is 0 Å². The highest BCUT2D eigenvalue weighted by molar-refractivity contribution is 8.00. The highest BCUT2D eigenvalue weighted by Crippen LogP contribution is 2.06. The van der Waals surface area contributed by atoms with Gasteiger partial charge in [0.2, 0.25) is 0 Å². The summed E-state index contributed by atoms with van der Waals surface area (Å²) in [5, 5.41) is 4.55.